The molecule has 5 heteroatoms. The van der Waals surface area contributed by atoms with Crippen LogP contribution in [0.2, 0.25) is 0 Å². The maximum Gasteiger partial charge on any atom is 0.239 e. The van der Waals surface area contributed by atoms with Crippen molar-refractivity contribution in [1.29, 1.82) is 5.26 Å². The highest BCUT2D eigenvalue weighted by Crippen LogP contribution is 2.18. The van der Waals surface area contributed by atoms with Crippen molar-refractivity contribution in [3.8, 4) is 18.4 Å². The lowest BCUT2D eigenvalue weighted by Crippen LogP contribution is -2.37. The lowest BCUT2D eigenvalue weighted by Gasteiger charge is -2.23. The topological polar surface area (TPSA) is 69.3 Å². The average Bonchev–Trinajstić information content (AvgIpc) is 3.07. The molecule has 5 nitrogen and oxygen atoms in total. The number of furan rings is 1. The highest BCUT2D eigenvalue weighted by atomic mass is 16.3. The number of amides is 1. The van der Waals surface area contributed by atoms with Gasteiger partial charge in [0.1, 0.15) is 5.76 Å². The molecule has 0 radical (unpaired) electrons. The first-order chi connectivity index (χ1) is 11.2. The molecule has 1 amide bonds. The van der Waals surface area contributed by atoms with Crippen molar-refractivity contribution >= 4 is 11.6 Å². The van der Waals surface area contributed by atoms with Crippen LogP contribution in [-0.4, -0.2) is 19.0 Å². The van der Waals surface area contributed by atoms with Crippen LogP contribution < -0.4 is 10.2 Å². The molecule has 0 aliphatic heterocycles. The monoisotopic (exact) mass is 307 g/mol. The molecule has 23 heavy (non-hydrogen) atoms. The number of carbonyl (C=O) groups is 1. The lowest BCUT2D eigenvalue weighted by atomic mass is 10.2. The van der Waals surface area contributed by atoms with E-state index in [2.05, 4.69) is 11.2 Å². The fourth-order valence-corrected chi connectivity index (χ4v) is 2.11. The third-order valence-electron chi connectivity index (χ3n) is 3.20. The van der Waals surface area contributed by atoms with Crippen LogP contribution in [0.3, 0.4) is 0 Å². The summed E-state index contributed by atoms with van der Waals surface area (Å²) in [6.45, 7) is 0.946. The minimum absolute atomic E-state index is 0.153. The molecule has 0 bridgehead atoms. The number of nitriles is 1. The molecular formula is C18H17N3O2. The molecule has 116 valence electrons. The maximum absolute atomic E-state index is 12.1. The molecule has 0 aliphatic carbocycles. The fraction of sp³-hybridized carbons (Fsp3) is 0.222. The number of nitrogens with one attached hydrogen (secondary N) is 1. The van der Waals surface area contributed by atoms with Crippen LogP contribution in [0.4, 0.5) is 5.69 Å². The molecule has 0 fully saturated rings. The molecule has 1 aromatic heterocycles. The van der Waals surface area contributed by atoms with E-state index < -0.39 is 0 Å². The van der Waals surface area contributed by atoms with Crippen LogP contribution >= 0.6 is 0 Å². The fourth-order valence-electron chi connectivity index (χ4n) is 2.11. The number of anilines is 1. The summed E-state index contributed by atoms with van der Waals surface area (Å²) >= 11 is 0. The number of terminal acetylenes is 1. The minimum atomic E-state index is -0.155. The molecule has 0 aliphatic rings. The molecule has 0 saturated carbocycles. The van der Waals surface area contributed by atoms with Crippen molar-refractivity contribution in [2.24, 2.45) is 0 Å². The molecule has 0 atom stereocenters. The summed E-state index contributed by atoms with van der Waals surface area (Å²) in [5.41, 5.74) is 1.59. The Morgan fingerprint density at radius 3 is 2.91 bits per heavy atom. The van der Waals surface area contributed by atoms with Crippen molar-refractivity contribution in [3.05, 3.63) is 54.0 Å². The number of hydrogen-bond donors (Lipinski definition) is 1. The first kappa shape index (κ1) is 16.2. The SMILES string of the molecule is C#Cc1cccc(N(CC(=O)NCCC#N)Cc2ccco2)c1. The van der Waals surface area contributed by atoms with Crippen molar-refractivity contribution < 1.29 is 9.21 Å². The lowest BCUT2D eigenvalue weighted by molar-refractivity contribution is -0.119. The van der Waals surface area contributed by atoms with Gasteiger partial charge in [0.15, 0.2) is 0 Å². The predicted octanol–water partition coefficient (Wildman–Crippen LogP) is 2.30. The molecule has 0 spiro atoms. The Morgan fingerprint density at radius 1 is 1.35 bits per heavy atom. The van der Waals surface area contributed by atoms with Gasteiger partial charge in [-0.25, -0.2) is 0 Å². The van der Waals surface area contributed by atoms with Gasteiger partial charge < -0.3 is 14.6 Å². The van der Waals surface area contributed by atoms with Gasteiger partial charge >= 0.3 is 0 Å². The van der Waals surface area contributed by atoms with E-state index in [4.69, 9.17) is 16.1 Å². The molecule has 1 aromatic carbocycles. The van der Waals surface area contributed by atoms with Crippen molar-refractivity contribution in [1.82, 2.24) is 5.32 Å². The summed E-state index contributed by atoms with van der Waals surface area (Å²) in [6.07, 6.45) is 7.32. The Balaban J connectivity index is 2.13. The minimum Gasteiger partial charge on any atom is -0.467 e. The highest BCUT2D eigenvalue weighted by Gasteiger charge is 2.13. The van der Waals surface area contributed by atoms with Gasteiger partial charge in [-0.3, -0.25) is 4.79 Å². The van der Waals surface area contributed by atoms with Crippen LogP contribution in [0.25, 0.3) is 0 Å². The first-order valence-corrected chi connectivity index (χ1v) is 7.20. The normalized spacial score (nSPS) is 9.65. The number of carbonyl (C=O) groups excluding carboxylic acids is 1. The van der Waals surface area contributed by atoms with Gasteiger partial charge in [0, 0.05) is 17.8 Å². The molecule has 1 heterocycles. The summed E-state index contributed by atoms with van der Waals surface area (Å²) < 4.78 is 5.37. The van der Waals surface area contributed by atoms with Crippen LogP contribution in [0.1, 0.15) is 17.7 Å². The number of benzene rings is 1. The van der Waals surface area contributed by atoms with Gasteiger partial charge in [-0.15, -0.1) is 6.42 Å². The van der Waals surface area contributed by atoms with Gasteiger partial charge in [-0.1, -0.05) is 12.0 Å². The standard InChI is InChI=1S/C18H17N3O2/c1-2-15-6-3-7-16(12-15)21(13-17-8-4-11-23-17)14-18(22)20-10-5-9-19/h1,3-4,6-8,11-12H,5,10,13-14H2,(H,20,22). The second-order valence-corrected chi connectivity index (χ2v) is 4.89. The Bertz CT molecular complexity index is 723. The van der Waals surface area contributed by atoms with Gasteiger partial charge in [0.25, 0.3) is 0 Å². The van der Waals surface area contributed by atoms with Crippen molar-refractivity contribution in [3.63, 3.8) is 0 Å². The summed E-state index contributed by atoms with van der Waals surface area (Å²) in [5, 5.41) is 11.2. The molecular weight excluding hydrogens is 290 g/mol. The van der Waals surface area contributed by atoms with Crippen molar-refractivity contribution in [2.75, 3.05) is 18.0 Å². The van der Waals surface area contributed by atoms with Gasteiger partial charge in [0.05, 0.1) is 31.8 Å². The van der Waals surface area contributed by atoms with E-state index in [1.807, 2.05) is 41.3 Å². The summed E-state index contributed by atoms with van der Waals surface area (Å²) in [7, 11) is 0. The van der Waals surface area contributed by atoms with E-state index in [0.29, 0.717) is 13.1 Å². The zero-order valence-electron chi connectivity index (χ0n) is 12.7. The Labute approximate surface area is 135 Å². The Kier molecular flexibility index (Phi) is 5.85. The molecule has 1 N–H and O–H groups in total. The number of rotatable bonds is 7. The Morgan fingerprint density at radius 2 is 2.22 bits per heavy atom. The zero-order valence-corrected chi connectivity index (χ0v) is 12.7. The molecule has 2 aromatic rings. The summed E-state index contributed by atoms with van der Waals surface area (Å²) in [6, 6.07) is 13.1. The second kappa shape index (κ2) is 8.31. The van der Waals surface area contributed by atoms with Crippen LogP contribution in [0.5, 0.6) is 0 Å². The van der Waals surface area contributed by atoms with Gasteiger partial charge in [-0.05, 0) is 30.3 Å². The highest BCUT2D eigenvalue weighted by molar-refractivity contribution is 5.81. The molecule has 0 saturated heterocycles. The molecule has 2 rings (SSSR count). The van der Waals surface area contributed by atoms with E-state index in [-0.39, 0.29) is 18.9 Å². The largest absolute Gasteiger partial charge is 0.467 e. The Hall–Kier alpha value is -3.18. The first-order valence-electron chi connectivity index (χ1n) is 7.20. The predicted molar refractivity (Wildman–Crippen MR) is 87.4 cm³/mol. The van der Waals surface area contributed by atoms with E-state index in [1.165, 1.54) is 0 Å². The van der Waals surface area contributed by atoms with Crippen LogP contribution in [0, 0.1) is 23.7 Å². The third-order valence-corrected chi connectivity index (χ3v) is 3.20. The van der Waals surface area contributed by atoms with E-state index in [9.17, 15) is 4.79 Å². The van der Waals surface area contributed by atoms with E-state index in [1.54, 1.807) is 12.3 Å². The second-order valence-electron chi connectivity index (χ2n) is 4.89. The number of nitrogens with zero attached hydrogens (tertiary/aromatic N) is 2. The van der Waals surface area contributed by atoms with Gasteiger partial charge in [-0.2, -0.15) is 5.26 Å². The van der Waals surface area contributed by atoms with E-state index in [0.717, 1.165) is 17.0 Å². The van der Waals surface area contributed by atoms with Crippen molar-refractivity contribution in [2.45, 2.75) is 13.0 Å². The number of hydrogen-bond acceptors (Lipinski definition) is 4. The molecule has 0 unspecified atom stereocenters. The zero-order chi connectivity index (χ0) is 16.5. The van der Waals surface area contributed by atoms with Crippen LogP contribution in [0.15, 0.2) is 47.1 Å². The quantitative estimate of drug-likeness (QED) is 0.629. The van der Waals surface area contributed by atoms with Gasteiger partial charge in [0.2, 0.25) is 5.91 Å². The summed E-state index contributed by atoms with van der Waals surface area (Å²) in [4.78, 5) is 13.9. The van der Waals surface area contributed by atoms with E-state index >= 15 is 0 Å². The summed E-state index contributed by atoms with van der Waals surface area (Å²) in [5.74, 6) is 3.19. The smallest absolute Gasteiger partial charge is 0.239 e. The third kappa shape index (κ3) is 4.94. The maximum atomic E-state index is 12.1. The van der Waals surface area contributed by atoms with Crippen LogP contribution in [-0.2, 0) is 11.3 Å². The average molecular weight is 307 g/mol.